The number of nitrogens with zero attached hydrogens (tertiary/aromatic N) is 1. The highest BCUT2D eigenvalue weighted by Crippen LogP contribution is 2.46. The number of nitrogen functional groups attached to an aromatic ring is 1. The van der Waals surface area contributed by atoms with Crippen LogP contribution in [0.2, 0.25) is 5.02 Å². The van der Waals surface area contributed by atoms with Gasteiger partial charge >= 0.3 is 0 Å². The number of hydrogen-bond donors (Lipinski definition) is 1. The molecule has 0 radical (unpaired) electrons. The summed E-state index contributed by atoms with van der Waals surface area (Å²) in [5.41, 5.74) is 8.66. The molecular weight excluding hydrogens is 172 g/mol. The van der Waals surface area contributed by atoms with Crippen molar-refractivity contribution in [2.75, 3.05) is 5.73 Å². The second-order valence-corrected chi connectivity index (χ2v) is 3.70. The first-order valence-corrected chi connectivity index (χ1v) is 4.48. The van der Waals surface area contributed by atoms with Gasteiger partial charge in [0.25, 0.3) is 0 Å². The Bertz CT molecular complexity index is 319. The van der Waals surface area contributed by atoms with Gasteiger partial charge in [0, 0.05) is 11.8 Å². The zero-order valence-electron chi connectivity index (χ0n) is 6.97. The highest BCUT2D eigenvalue weighted by molar-refractivity contribution is 6.31. The molecule has 0 unspecified atom stereocenters. The van der Waals surface area contributed by atoms with Gasteiger partial charge < -0.3 is 5.73 Å². The van der Waals surface area contributed by atoms with Crippen molar-refractivity contribution in [1.82, 2.24) is 4.98 Å². The van der Waals surface area contributed by atoms with Gasteiger partial charge in [-0.3, -0.25) is 4.98 Å². The molecule has 0 aromatic carbocycles. The minimum absolute atomic E-state index is 0.596. The van der Waals surface area contributed by atoms with E-state index in [-0.39, 0.29) is 0 Å². The van der Waals surface area contributed by atoms with E-state index in [0.29, 0.717) is 5.92 Å². The van der Waals surface area contributed by atoms with Crippen LogP contribution in [0.15, 0.2) is 6.20 Å². The number of nitrogens with two attached hydrogens (primary N) is 1. The summed E-state index contributed by atoms with van der Waals surface area (Å²) in [7, 11) is 0. The molecule has 0 saturated heterocycles. The number of pyridine rings is 1. The second kappa shape index (κ2) is 2.63. The van der Waals surface area contributed by atoms with Crippen molar-refractivity contribution in [2.45, 2.75) is 25.7 Å². The van der Waals surface area contributed by atoms with E-state index in [9.17, 15) is 0 Å². The van der Waals surface area contributed by atoms with E-state index >= 15 is 0 Å². The minimum Gasteiger partial charge on any atom is -0.397 e. The molecule has 1 aromatic rings. The van der Waals surface area contributed by atoms with Gasteiger partial charge in [-0.15, -0.1) is 0 Å². The van der Waals surface area contributed by atoms with Crippen LogP contribution < -0.4 is 5.73 Å². The zero-order valence-corrected chi connectivity index (χ0v) is 7.73. The number of rotatable bonds is 1. The Labute approximate surface area is 76.7 Å². The van der Waals surface area contributed by atoms with Crippen LogP contribution in [0, 0.1) is 6.92 Å². The molecule has 0 atom stereocenters. The van der Waals surface area contributed by atoms with E-state index < -0.39 is 0 Å². The highest BCUT2D eigenvalue weighted by atomic mass is 35.5. The number of aryl methyl sites for hydroxylation is 1. The Morgan fingerprint density at radius 2 is 2.25 bits per heavy atom. The van der Waals surface area contributed by atoms with Crippen molar-refractivity contribution < 1.29 is 0 Å². The molecule has 1 aromatic heterocycles. The fraction of sp³-hybridized carbons (Fsp3) is 0.444. The van der Waals surface area contributed by atoms with Crippen molar-refractivity contribution in [2.24, 2.45) is 0 Å². The molecule has 2 nitrogen and oxygen atoms in total. The third-order valence-corrected chi connectivity index (χ3v) is 2.60. The molecule has 1 aliphatic carbocycles. The normalized spacial score (nSPS) is 16.5. The standard InChI is InChI=1S/C9H11ClN2/c1-5-9(11)8(6-2-3-6)7(10)4-12-5/h4,6H,2-3,11H2,1H3. The predicted molar refractivity (Wildman–Crippen MR) is 50.4 cm³/mol. The van der Waals surface area contributed by atoms with Crippen molar-refractivity contribution in [3.05, 3.63) is 22.5 Å². The molecule has 3 heteroatoms. The largest absolute Gasteiger partial charge is 0.397 e. The first-order valence-electron chi connectivity index (χ1n) is 4.10. The van der Waals surface area contributed by atoms with E-state index in [1.807, 2.05) is 6.92 Å². The van der Waals surface area contributed by atoms with Gasteiger partial charge in [-0.1, -0.05) is 11.6 Å². The summed E-state index contributed by atoms with van der Waals surface area (Å²) >= 11 is 5.99. The van der Waals surface area contributed by atoms with Crippen molar-refractivity contribution in [3.8, 4) is 0 Å². The van der Waals surface area contributed by atoms with Gasteiger partial charge in [0.15, 0.2) is 0 Å². The summed E-state index contributed by atoms with van der Waals surface area (Å²) in [6.45, 7) is 1.91. The summed E-state index contributed by atoms with van der Waals surface area (Å²) in [4.78, 5) is 4.09. The van der Waals surface area contributed by atoms with Crippen LogP contribution >= 0.6 is 11.6 Å². The zero-order chi connectivity index (χ0) is 8.72. The highest BCUT2D eigenvalue weighted by Gasteiger charge is 2.28. The lowest BCUT2D eigenvalue weighted by Gasteiger charge is -2.07. The SMILES string of the molecule is Cc1ncc(Cl)c(C2CC2)c1N. The molecule has 1 aliphatic rings. The summed E-state index contributed by atoms with van der Waals surface area (Å²) in [6.07, 6.45) is 4.13. The Hall–Kier alpha value is -0.760. The van der Waals surface area contributed by atoms with Gasteiger partial charge in [-0.25, -0.2) is 0 Å². The van der Waals surface area contributed by atoms with Crippen LogP contribution in [0.1, 0.15) is 30.0 Å². The van der Waals surface area contributed by atoms with Gasteiger partial charge in [0.1, 0.15) is 0 Å². The molecule has 0 amide bonds. The van der Waals surface area contributed by atoms with E-state index in [1.165, 1.54) is 12.8 Å². The fourth-order valence-corrected chi connectivity index (χ4v) is 1.71. The maximum Gasteiger partial charge on any atom is 0.0644 e. The lowest BCUT2D eigenvalue weighted by Crippen LogP contribution is -1.99. The van der Waals surface area contributed by atoms with Gasteiger partial charge in [-0.2, -0.15) is 0 Å². The van der Waals surface area contributed by atoms with Gasteiger partial charge in [0.2, 0.25) is 0 Å². The number of halogens is 1. The Morgan fingerprint density at radius 1 is 1.58 bits per heavy atom. The van der Waals surface area contributed by atoms with E-state index in [1.54, 1.807) is 6.20 Å². The topological polar surface area (TPSA) is 38.9 Å². The molecule has 0 bridgehead atoms. The van der Waals surface area contributed by atoms with Crippen LogP contribution in [-0.2, 0) is 0 Å². The first kappa shape index (κ1) is 7.87. The lowest BCUT2D eigenvalue weighted by atomic mass is 10.1. The van der Waals surface area contributed by atoms with Gasteiger partial charge in [0.05, 0.1) is 16.4 Å². The fourth-order valence-electron chi connectivity index (χ4n) is 1.40. The molecule has 64 valence electrons. The Morgan fingerprint density at radius 3 is 2.83 bits per heavy atom. The molecule has 2 rings (SSSR count). The van der Waals surface area contributed by atoms with E-state index in [0.717, 1.165) is 22.0 Å². The van der Waals surface area contributed by atoms with E-state index in [2.05, 4.69) is 4.98 Å². The maximum absolute atomic E-state index is 5.99. The average Bonchev–Trinajstić information content (AvgIpc) is 2.81. The smallest absolute Gasteiger partial charge is 0.0644 e. The van der Waals surface area contributed by atoms with Crippen molar-refractivity contribution in [1.29, 1.82) is 0 Å². The van der Waals surface area contributed by atoms with Crippen LogP contribution in [0.3, 0.4) is 0 Å². The molecule has 1 fully saturated rings. The van der Waals surface area contributed by atoms with Crippen LogP contribution in [0.5, 0.6) is 0 Å². The molecule has 1 saturated carbocycles. The van der Waals surface area contributed by atoms with Crippen molar-refractivity contribution >= 4 is 17.3 Å². The van der Waals surface area contributed by atoms with Gasteiger partial charge in [-0.05, 0) is 25.7 Å². The first-order chi connectivity index (χ1) is 5.70. The number of aromatic nitrogens is 1. The summed E-state index contributed by atoms with van der Waals surface area (Å²) in [5.74, 6) is 0.596. The molecular formula is C9H11ClN2. The maximum atomic E-state index is 5.99. The third kappa shape index (κ3) is 1.16. The van der Waals surface area contributed by atoms with Crippen LogP contribution in [-0.4, -0.2) is 4.98 Å². The second-order valence-electron chi connectivity index (χ2n) is 3.29. The monoisotopic (exact) mass is 182 g/mol. The average molecular weight is 183 g/mol. The predicted octanol–water partition coefficient (Wildman–Crippen LogP) is 2.50. The Balaban J connectivity index is 2.55. The molecule has 0 spiro atoms. The lowest BCUT2D eigenvalue weighted by molar-refractivity contribution is 1.09. The molecule has 0 aliphatic heterocycles. The van der Waals surface area contributed by atoms with Crippen LogP contribution in [0.25, 0.3) is 0 Å². The third-order valence-electron chi connectivity index (χ3n) is 2.29. The van der Waals surface area contributed by atoms with E-state index in [4.69, 9.17) is 17.3 Å². The quantitative estimate of drug-likeness (QED) is 0.725. The number of anilines is 1. The summed E-state index contributed by atoms with van der Waals surface area (Å²) in [5, 5.41) is 0.723. The molecule has 12 heavy (non-hydrogen) atoms. The minimum atomic E-state index is 0.596. The van der Waals surface area contributed by atoms with Crippen molar-refractivity contribution in [3.63, 3.8) is 0 Å². The molecule has 1 heterocycles. The molecule has 2 N–H and O–H groups in total. The Kier molecular flexibility index (Phi) is 1.72. The summed E-state index contributed by atoms with van der Waals surface area (Å²) < 4.78 is 0. The number of hydrogen-bond acceptors (Lipinski definition) is 2. The summed E-state index contributed by atoms with van der Waals surface area (Å²) in [6, 6.07) is 0. The van der Waals surface area contributed by atoms with Crippen LogP contribution in [0.4, 0.5) is 5.69 Å².